The summed E-state index contributed by atoms with van der Waals surface area (Å²) in [4.78, 5) is 27.6. The van der Waals surface area contributed by atoms with Gasteiger partial charge in [-0.05, 0) is 37.5 Å². The maximum absolute atomic E-state index is 13.1. The summed E-state index contributed by atoms with van der Waals surface area (Å²) in [6, 6.07) is 11.5. The van der Waals surface area contributed by atoms with Crippen molar-refractivity contribution in [2.45, 2.75) is 31.2 Å². The fraction of sp³-hybridized carbons (Fsp3) is 0.364. The first kappa shape index (κ1) is 22.9. The van der Waals surface area contributed by atoms with Gasteiger partial charge >= 0.3 is 0 Å². The Bertz CT molecular complexity index is 1330. The first-order valence-corrected chi connectivity index (χ1v) is 12.1. The molecule has 1 N–H and O–H groups in total. The van der Waals surface area contributed by atoms with Crippen LogP contribution in [0, 0.1) is 23.0 Å². The molecule has 1 aliphatic rings. The molecule has 3 aromatic rings. The number of hydrogen-bond donors (Lipinski definition) is 1. The molecule has 1 aromatic heterocycles. The Hall–Kier alpha value is -3.31. The summed E-state index contributed by atoms with van der Waals surface area (Å²) < 4.78 is 29.4. The molecular weight excluding hydrogens is 446 g/mol. The number of fused-ring (bicyclic) bond motifs is 1. The molecule has 1 amide bonds. The average molecular weight is 472 g/mol. The van der Waals surface area contributed by atoms with Crippen LogP contribution in [0.25, 0.3) is 11.0 Å². The van der Waals surface area contributed by atoms with Gasteiger partial charge in [-0.25, -0.2) is 13.4 Å². The molecule has 2 aromatic carbocycles. The Labute approximate surface area is 191 Å². The van der Waals surface area contributed by atoms with Crippen molar-refractivity contribution in [2.24, 2.45) is 13.0 Å². The fourth-order valence-electron chi connectivity index (χ4n) is 4.14. The van der Waals surface area contributed by atoms with Crippen molar-refractivity contribution in [1.29, 1.82) is 0 Å². The second kappa shape index (κ2) is 8.91. The summed E-state index contributed by atoms with van der Waals surface area (Å²) in [7, 11) is -1.99. The van der Waals surface area contributed by atoms with Gasteiger partial charge in [0.1, 0.15) is 5.82 Å². The van der Waals surface area contributed by atoms with Gasteiger partial charge in [0.05, 0.1) is 27.4 Å². The number of imidazole rings is 1. The second-order valence-corrected chi connectivity index (χ2v) is 10.1. The van der Waals surface area contributed by atoms with Crippen molar-refractivity contribution in [2.75, 3.05) is 13.1 Å². The van der Waals surface area contributed by atoms with Gasteiger partial charge in [-0.1, -0.05) is 18.2 Å². The second-order valence-electron chi connectivity index (χ2n) is 8.18. The average Bonchev–Trinajstić information content (AvgIpc) is 3.13. The minimum absolute atomic E-state index is 0.0681. The number of nitrogens with one attached hydrogen (secondary N) is 1. The van der Waals surface area contributed by atoms with Crippen molar-refractivity contribution >= 4 is 32.7 Å². The van der Waals surface area contributed by atoms with Crippen LogP contribution in [0.2, 0.25) is 0 Å². The van der Waals surface area contributed by atoms with Gasteiger partial charge in [-0.3, -0.25) is 14.9 Å². The third-order valence-corrected chi connectivity index (χ3v) is 8.17. The van der Waals surface area contributed by atoms with E-state index in [9.17, 15) is 23.3 Å². The number of carbonyl (C=O) groups excluding carboxylic acids is 1. The molecule has 33 heavy (non-hydrogen) atoms. The molecular formula is C22H25N5O5S. The van der Waals surface area contributed by atoms with E-state index >= 15 is 0 Å². The predicted octanol–water partition coefficient (Wildman–Crippen LogP) is 2.51. The van der Waals surface area contributed by atoms with Crippen LogP contribution in [0.3, 0.4) is 0 Å². The lowest BCUT2D eigenvalue weighted by atomic mass is 9.97. The Kier molecular flexibility index (Phi) is 6.17. The quantitative estimate of drug-likeness (QED) is 0.435. The number of hydrogen-bond acceptors (Lipinski definition) is 6. The maximum atomic E-state index is 13.1. The van der Waals surface area contributed by atoms with E-state index in [0.29, 0.717) is 18.4 Å². The van der Waals surface area contributed by atoms with Crippen molar-refractivity contribution in [3.63, 3.8) is 0 Å². The van der Waals surface area contributed by atoms with Crippen LogP contribution in [-0.2, 0) is 28.4 Å². The van der Waals surface area contributed by atoms with Gasteiger partial charge < -0.3 is 9.88 Å². The Morgan fingerprint density at radius 3 is 2.58 bits per heavy atom. The third-order valence-electron chi connectivity index (χ3n) is 6.13. The molecule has 0 aliphatic carbocycles. The van der Waals surface area contributed by atoms with Crippen molar-refractivity contribution in [1.82, 2.24) is 19.2 Å². The van der Waals surface area contributed by atoms with Crippen LogP contribution in [0.1, 0.15) is 24.2 Å². The van der Waals surface area contributed by atoms with E-state index < -0.39 is 14.9 Å². The standard InChI is InChI=1S/C22H25N5O5S/c1-15-7-8-17(27(29)30)13-20(15)33(31,32)26-11-9-16(10-12-26)22(28)23-14-21-24-18-5-3-4-6-19(18)25(21)2/h3-8,13,16H,9-12,14H2,1-2H3,(H,23,28). The van der Waals surface area contributed by atoms with Crippen molar-refractivity contribution < 1.29 is 18.1 Å². The molecule has 0 atom stereocenters. The van der Waals surface area contributed by atoms with Gasteiger partial charge in [-0.2, -0.15) is 4.31 Å². The SMILES string of the molecule is Cc1ccc([N+](=O)[O-])cc1S(=O)(=O)N1CCC(C(=O)NCc2nc3ccccc3n2C)CC1. The van der Waals surface area contributed by atoms with Gasteiger partial charge in [0.15, 0.2) is 0 Å². The molecule has 0 bridgehead atoms. The number of aromatic nitrogens is 2. The number of non-ortho nitro benzene ring substituents is 1. The summed E-state index contributed by atoms with van der Waals surface area (Å²) in [6.07, 6.45) is 0.753. The van der Waals surface area contributed by atoms with Crippen LogP contribution >= 0.6 is 0 Å². The monoisotopic (exact) mass is 471 g/mol. The lowest BCUT2D eigenvalue weighted by molar-refractivity contribution is -0.385. The van der Waals surface area contributed by atoms with E-state index in [0.717, 1.165) is 22.9 Å². The summed E-state index contributed by atoms with van der Waals surface area (Å²) in [5, 5.41) is 14.0. The molecule has 174 valence electrons. The number of amides is 1. The Morgan fingerprint density at radius 2 is 1.91 bits per heavy atom. The molecule has 10 nitrogen and oxygen atoms in total. The molecule has 1 aliphatic heterocycles. The lowest BCUT2D eigenvalue weighted by Gasteiger charge is -2.30. The Morgan fingerprint density at radius 1 is 1.21 bits per heavy atom. The highest BCUT2D eigenvalue weighted by Crippen LogP contribution is 2.28. The number of nitrogens with zero attached hydrogens (tertiary/aromatic N) is 4. The zero-order valence-corrected chi connectivity index (χ0v) is 19.2. The van der Waals surface area contributed by atoms with Crippen LogP contribution in [-0.4, -0.2) is 46.2 Å². The van der Waals surface area contributed by atoms with Gasteiger partial charge in [0, 0.05) is 38.2 Å². The van der Waals surface area contributed by atoms with E-state index in [-0.39, 0.29) is 42.0 Å². The van der Waals surface area contributed by atoms with E-state index in [2.05, 4.69) is 10.3 Å². The first-order chi connectivity index (χ1) is 15.7. The highest BCUT2D eigenvalue weighted by molar-refractivity contribution is 7.89. The first-order valence-electron chi connectivity index (χ1n) is 10.6. The van der Waals surface area contributed by atoms with Crippen LogP contribution < -0.4 is 5.32 Å². The number of aryl methyl sites for hydroxylation is 2. The van der Waals surface area contributed by atoms with Gasteiger partial charge in [0.2, 0.25) is 15.9 Å². The highest BCUT2D eigenvalue weighted by atomic mass is 32.2. The Balaban J connectivity index is 1.39. The number of para-hydroxylation sites is 2. The largest absolute Gasteiger partial charge is 0.349 e. The summed E-state index contributed by atoms with van der Waals surface area (Å²) in [6.45, 7) is 2.25. The molecule has 11 heteroatoms. The smallest absolute Gasteiger partial charge is 0.270 e. The number of benzene rings is 2. The van der Waals surface area contributed by atoms with E-state index in [1.807, 2.05) is 35.9 Å². The zero-order chi connectivity index (χ0) is 23.8. The van der Waals surface area contributed by atoms with Gasteiger partial charge in [-0.15, -0.1) is 0 Å². The summed E-state index contributed by atoms with van der Waals surface area (Å²) >= 11 is 0. The number of nitro groups is 1. The topological polar surface area (TPSA) is 127 Å². The van der Waals surface area contributed by atoms with Crippen molar-refractivity contribution in [3.8, 4) is 0 Å². The van der Waals surface area contributed by atoms with E-state index in [4.69, 9.17) is 0 Å². The minimum atomic E-state index is -3.89. The number of piperidine rings is 1. The predicted molar refractivity (Wildman–Crippen MR) is 122 cm³/mol. The number of nitro benzene ring substituents is 1. The van der Waals surface area contributed by atoms with Crippen LogP contribution in [0.5, 0.6) is 0 Å². The van der Waals surface area contributed by atoms with Gasteiger partial charge in [0.25, 0.3) is 5.69 Å². The number of rotatable bonds is 6. The lowest BCUT2D eigenvalue weighted by Crippen LogP contribution is -2.43. The summed E-state index contributed by atoms with van der Waals surface area (Å²) in [5.74, 6) is 0.300. The zero-order valence-electron chi connectivity index (χ0n) is 18.4. The molecule has 0 spiro atoms. The molecule has 4 rings (SSSR count). The number of sulfonamides is 1. The fourth-order valence-corrected chi connectivity index (χ4v) is 5.86. The van der Waals surface area contributed by atoms with Crippen molar-refractivity contribution in [3.05, 3.63) is 64.0 Å². The molecule has 0 radical (unpaired) electrons. The summed E-state index contributed by atoms with van der Waals surface area (Å²) in [5.41, 5.74) is 2.02. The third kappa shape index (κ3) is 4.46. The molecule has 1 fully saturated rings. The van der Waals surface area contributed by atoms with Crippen LogP contribution in [0.4, 0.5) is 5.69 Å². The molecule has 1 saturated heterocycles. The highest BCUT2D eigenvalue weighted by Gasteiger charge is 2.33. The van der Waals surface area contributed by atoms with E-state index in [1.54, 1.807) is 6.92 Å². The number of carbonyl (C=O) groups is 1. The molecule has 0 unspecified atom stereocenters. The van der Waals surface area contributed by atoms with Crippen LogP contribution in [0.15, 0.2) is 47.4 Å². The van der Waals surface area contributed by atoms with E-state index in [1.165, 1.54) is 16.4 Å². The normalized spacial score (nSPS) is 15.6. The maximum Gasteiger partial charge on any atom is 0.270 e. The minimum Gasteiger partial charge on any atom is -0.349 e. The molecule has 2 heterocycles. The molecule has 0 saturated carbocycles.